The van der Waals surface area contributed by atoms with E-state index in [2.05, 4.69) is 9.97 Å². The minimum atomic E-state index is -0.963. The Hall–Kier alpha value is -2.04. The Morgan fingerprint density at radius 2 is 1.97 bits per heavy atom. The average molecular weight is 468 g/mol. The van der Waals surface area contributed by atoms with E-state index in [4.69, 9.17) is 28.8 Å². The quantitative estimate of drug-likeness (QED) is 0.627. The summed E-state index contributed by atoms with van der Waals surface area (Å²) in [5.74, 6) is 0.789. The second-order valence-electron chi connectivity index (χ2n) is 8.60. The summed E-state index contributed by atoms with van der Waals surface area (Å²) in [5.41, 5.74) is 17.7. The van der Waals surface area contributed by atoms with Crippen LogP contribution in [0.15, 0.2) is 26.8 Å². The minimum absolute atomic E-state index is 0.0231. The van der Waals surface area contributed by atoms with Crippen molar-refractivity contribution in [3.8, 4) is 0 Å². The molecule has 1 aliphatic carbocycles. The molecule has 168 valence electrons. The zero-order valence-corrected chi connectivity index (χ0v) is 19.1. The van der Waals surface area contributed by atoms with Crippen molar-refractivity contribution in [1.82, 2.24) is 14.5 Å². The van der Waals surface area contributed by atoms with Crippen molar-refractivity contribution in [2.45, 2.75) is 48.2 Å². The van der Waals surface area contributed by atoms with Crippen molar-refractivity contribution in [2.24, 2.45) is 24.1 Å². The van der Waals surface area contributed by atoms with Crippen LogP contribution in [0.5, 0.6) is 0 Å². The van der Waals surface area contributed by atoms with Gasteiger partial charge in [0.2, 0.25) is 5.95 Å². The number of halogens is 2. The molecule has 2 aromatic rings. The second-order valence-corrected chi connectivity index (χ2v) is 10.0. The number of alkyl halides is 1. The van der Waals surface area contributed by atoms with Crippen molar-refractivity contribution in [3.63, 3.8) is 0 Å². The molecule has 11 heteroatoms. The number of pyridine rings is 1. The molecule has 1 spiro atoms. The highest BCUT2D eigenvalue weighted by Gasteiger charge is 2.51. The lowest BCUT2D eigenvalue weighted by atomic mass is 9.74. The fraction of sp³-hybridized carbons (Fsp3) is 0.550. The van der Waals surface area contributed by atoms with Crippen molar-refractivity contribution < 1.29 is 4.39 Å². The summed E-state index contributed by atoms with van der Waals surface area (Å²) in [6, 6.07) is 1.23. The number of aromatic nitrogens is 3. The minimum Gasteiger partial charge on any atom is -0.382 e. The summed E-state index contributed by atoms with van der Waals surface area (Å²) >= 11 is 7.33. The van der Waals surface area contributed by atoms with Crippen LogP contribution in [0.3, 0.4) is 0 Å². The van der Waals surface area contributed by atoms with E-state index >= 15 is 0 Å². The molecule has 1 saturated carbocycles. The van der Waals surface area contributed by atoms with E-state index in [0.29, 0.717) is 23.9 Å². The van der Waals surface area contributed by atoms with Crippen LogP contribution in [0.25, 0.3) is 0 Å². The van der Waals surface area contributed by atoms with Crippen molar-refractivity contribution >= 4 is 40.9 Å². The van der Waals surface area contributed by atoms with Gasteiger partial charge in [0.15, 0.2) is 0 Å². The average Bonchev–Trinajstić information content (AvgIpc) is 2.95. The monoisotopic (exact) mass is 467 g/mol. The van der Waals surface area contributed by atoms with Crippen LogP contribution in [0.1, 0.15) is 26.2 Å². The Labute approximate surface area is 189 Å². The first kappa shape index (κ1) is 22.2. The standard InChI is InChI=1S/C20H27ClFN7OS/c1-10-9-20(15(23)13(10)22)4-7-29(8-5-20)19-27-17(25)14(18(30)28(19)2)31-11-3-6-26-16(24)12(11)21/h3,6,10,13,15H,4-5,7-9,23,25H2,1-2H3,(H2,24,26)/t10-,13+,15+/m1/s1. The third-order valence-corrected chi connectivity index (χ3v) is 8.37. The molecule has 4 rings (SSSR count). The molecule has 0 amide bonds. The molecule has 1 aliphatic heterocycles. The number of hydrogen-bond acceptors (Lipinski definition) is 8. The molecule has 8 nitrogen and oxygen atoms in total. The predicted octanol–water partition coefficient (Wildman–Crippen LogP) is 2.44. The van der Waals surface area contributed by atoms with E-state index < -0.39 is 12.2 Å². The molecule has 0 unspecified atom stereocenters. The molecule has 0 aromatic carbocycles. The number of rotatable bonds is 3. The Bertz CT molecular complexity index is 1060. The van der Waals surface area contributed by atoms with Crippen molar-refractivity contribution in [1.29, 1.82) is 0 Å². The molecule has 0 bridgehead atoms. The van der Waals surface area contributed by atoms with Gasteiger partial charge in [-0.3, -0.25) is 9.36 Å². The maximum atomic E-state index is 14.4. The largest absolute Gasteiger partial charge is 0.382 e. The summed E-state index contributed by atoms with van der Waals surface area (Å²) in [7, 11) is 1.67. The third kappa shape index (κ3) is 3.74. The predicted molar refractivity (Wildman–Crippen MR) is 122 cm³/mol. The van der Waals surface area contributed by atoms with Crippen LogP contribution in [0, 0.1) is 11.3 Å². The first-order valence-electron chi connectivity index (χ1n) is 10.2. The summed E-state index contributed by atoms with van der Waals surface area (Å²) < 4.78 is 15.9. The van der Waals surface area contributed by atoms with Crippen LogP contribution in [-0.4, -0.2) is 39.8 Å². The van der Waals surface area contributed by atoms with Crippen LogP contribution < -0.4 is 27.7 Å². The summed E-state index contributed by atoms with van der Waals surface area (Å²) in [6.45, 7) is 3.22. The van der Waals surface area contributed by atoms with E-state index in [1.165, 1.54) is 10.8 Å². The SMILES string of the molecule is C[C@@H]1CC2(CCN(c3nc(N)c(Sc4ccnc(N)c4Cl)c(=O)n3C)CC2)[C@@H](N)[C@H]1F. The van der Waals surface area contributed by atoms with Gasteiger partial charge in [-0.05, 0) is 36.7 Å². The summed E-state index contributed by atoms with van der Waals surface area (Å²) in [5, 5.41) is 0.271. The molecule has 31 heavy (non-hydrogen) atoms. The zero-order chi connectivity index (χ0) is 22.5. The van der Waals surface area contributed by atoms with Gasteiger partial charge in [0, 0.05) is 37.3 Å². The van der Waals surface area contributed by atoms with Crippen LogP contribution in [-0.2, 0) is 7.05 Å². The molecule has 3 heterocycles. The highest BCUT2D eigenvalue weighted by atomic mass is 35.5. The van der Waals surface area contributed by atoms with Gasteiger partial charge in [-0.2, -0.15) is 4.98 Å². The molecular formula is C20H27ClFN7OS. The van der Waals surface area contributed by atoms with E-state index in [-0.39, 0.29) is 38.4 Å². The van der Waals surface area contributed by atoms with Gasteiger partial charge in [0.25, 0.3) is 5.56 Å². The van der Waals surface area contributed by atoms with Gasteiger partial charge >= 0.3 is 0 Å². The number of nitrogen functional groups attached to an aromatic ring is 2. The van der Waals surface area contributed by atoms with Gasteiger partial charge in [-0.1, -0.05) is 30.3 Å². The lowest BCUT2D eigenvalue weighted by Crippen LogP contribution is -2.50. The Kier molecular flexibility index (Phi) is 5.82. The molecule has 2 aliphatic rings. The van der Waals surface area contributed by atoms with E-state index in [0.717, 1.165) is 31.0 Å². The molecular weight excluding hydrogens is 441 g/mol. The highest BCUT2D eigenvalue weighted by Crippen LogP contribution is 2.49. The van der Waals surface area contributed by atoms with Gasteiger partial charge in [-0.25, -0.2) is 9.37 Å². The number of anilines is 3. The fourth-order valence-electron chi connectivity index (χ4n) is 4.87. The lowest BCUT2D eigenvalue weighted by Gasteiger charge is -2.42. The van der Waals surface area contributed by atoms with Gasteiger partial charge in [0.1, 0.15) is 22.7 Å². The first-order chi connectivity index (χ1) is 14.6. The molecule has 2 aromatic heterocycles. The van der Waals surface area contributed by atoms with Gasteiger partial charge in [-0.15, -0.1) is 0 Å². The van der Waals surface area contributed by atoms with Crippen molar-refractivity contribution in [3.05, 3.63) is 27.6 Å². The summed E-state index contributed by atoms with van der Waals surface area (Å²) in [4.78, 5) is 24.4. The molecule has 0 radical (unpaired) electrons. The number of piperidine rings is 1. The van der Waals surface area contributed by atoms with Crippen molar-refractivity contribution in [2.75, 3.05) is 29.5 Å². The van der Waals surface area contributed by atoms with Gasteiger partial charge in [0.05, 0.1) is 5.02 Å². The maximum Gasteiger partial charge on any atom is 0.270 e. The highest BCUT2D eigenvalue weighted by molar-refractivity contribution is 7.99. The molecule has 6 N–H and O–H groups in total. The topological polar surface area (TPSA) is 129 Å². The first-order valence-corrected chi connectivity index (χ1v) is 11.4. The van der Waals surface area contributed by atoms with Crippen LogP contribution in [0.4, 0.5) is 22.0 Å². The number of nitrogens with zero attached hydrogens (tertiary/aromatic N) is 4. The normalized spacial score (nSPS) is 25.3. The lowest BCUT2D eigenvalue weighted by molar-refractivity contribution is 0.166. The van der Waals surface area contributed by atoms with E-state index in [9.17, 15) is 9.18 Å². The van der Waals surface area contributed by atoms with E-state index in [1.54, 1.807) is 13.1 Å². The van der Waals surface area contributed by atoms with Crippen LogP contribution in [0.2, 0.25) is 5.02 Å². The summed E-state index contributed by atoms with van der Waals surface area (Å²) in [6.07, 6.45) is 2.87. The fourth-order valence-corrected chi connectivity index (χ4v) is 6.01. The smallest absolute Gasteiger partial charge is 0.270 e. The van der Waals surface area contributed by atoms with Gasteiger partial charge < -0.3 is 22.1 Å². The molecule has 3 atom stereocenters. The number of hydrogen-bond donors (Lipinski definition) is 3. The number of nitrogens with two attached hydrogens (primary N) is 3. The van der Waals surface area contributed by atoms with E-state index in [1.807, 2.05) is 11.8 Å². The Morgan fingerprint density at radius 3 is 2.58 bits per heavy atom. The Balaban J connectivity index is 1.57. The molecule has 2 fully saturated rings. The maximum absolute atomic E-state index is 14.4. The molecule has 1 saturated heterocycles. The van der Waals surface area contributed by atoms with Crippen LogP contribution >= 0.6 is 23.4 Å². The zero-order valence-electron chi connectivity index (χ0n) is 17.5. The third-order valence-electron chi connectivity index (χ3n) is 6.71. The Morgan fingerprint density at radius 1 is 1.29 bits per heavy atom. The second kappa shape index (κ2) is 8.14.